The highest BCUT2D eigenvalue weighted by atomic mass is 16.4. The van der Waals surface area contributed by atoms with Gasteiger partial charge < -0.3 is 10.0 Å². The zero-order chi connectivity index (χ0) is 15.3. The molecule has 21 heavy (non-hydrogen) atoms. The van der Waals surface area contributed by atoms with E-state index in [1.165, 1.54) is 0 Å². The quantitative estimate of drug-likeness (QED) is 0.901. The number of rotatable bonds is 5. The molecule has 0 saturated carbocycles. The van der Waals surface area contributed by atoms with Crippen LogP contribution in [-0.2, 0) is 16.0 Å². The maximum atomic E-state index is 12.4. The molecule has 1 fully saturated rings. The van der Waals surface area contributed by atoms with Gasteiger partial charge in [-0.05, 0) is 31.4 Å². The third-order valence-electron chi connectivity index (χ3n) is 4.17. The van der Waals surface area contributed by atoms with Crippen molar-refractivity contribution in [2.75, 3.05) is 13.1 Å². The van der Waals surface area contributed by atoms with Crippen molar-refractivity contribution in [2.24, 2.45) is 5.41 Å². The first-order chi connectivity index (χ1) is 10.1. The molecule has 1 aromatic heterocycles. The third-order valence-corrected chi connectivity index (χ3v) is 4.17. The summed E-state index contributed by atoms with van der Waals surface area (Å²) in [5, 5.41) is 9.56. The van der Waals surface area contributed by atoms with Gasteiger partial charge in [-0.15, -0.1) is 0 Å². The molecule has 0 bridgehead atoms. The predicted octanol–water partition coefficient (Wildman–Crippen LogP) is 2.12. The van der Waals surface area contributed by atoms with Crippen molar-refractivity contribution in [1.29, 1.82) is 0 Å². The summed E-state index contributed by atoms with van der Waals surface area (Å²) >= 11 is 0. The van der Waals surface area contributed by atoms with Gasteiger partial charge in [-0.1, -0.05) is 19.4 Å². The lowest BCUT2D eigenvalue weighted by Crippen LogP contribution is -2.50. The molecule has 0 spiro atoms. The van der Waals surface area contributed by atoms with Gasteiger partial charge in [0.15, 0.2) is 0 Å². The molecule has 1 aliphatic heterocycles. The van der Waals surface area contributed by atoms with Crippen LogP contribution < -0.4 is 0 Å². The van der Waals surface area contributed by atoms with Crippen molar-refractivity contribution in [1.82, 2.24) is 9.88 Å². The highest BCUT2D eigenvalue weighted by Crippen LogP contribution is 2.35. The van der Waals surface area contributed by atoms with Gasteiger partial charge in [0.1, 0.15) is 0 Å². The van der Waals surface area contributed by atoms with Crippen LogP contribution in [-0.4, -0.2) is 40.0 Å². The first-order valence-corrected chi connectivity index (χ1v) is 7.48. The number of hydrogen-bond acceptors (Lipinski definition) is 3. The van der Waals surface area contributed by atoms with Crippen LogP contribution in [0.1, 0.15) is 38.3 Å². The van der Waals surface area contributed by atoms with Gasteiger partial charge in [0.05, 0.1) is 11.8 Å². The number of carbonyl (C=O) groups excluding carboxylic acids is 1. The minimum atomic E-state index is -0.778. The SMILES string of the molecule is CCCC1(C(=O)O)CCCN(C(=O)Cc2ccccn2)C1. The summed E-state index contributed by atoms with van der Waals surface area (Å²) < 4.78 is 0. The maximum Gasteiger partial charge on any atom is 0.311 e. The number of aromatic nitrogens is 1. The Morgan fingerprint density at radius 2 is 2.24 bits per heavy atom. The Hall–Kier alpha value is -1.91. The fourth-order valence-electron chi connectivity index (χ4n) is 3.08. The van der Waals surface area contributed by atoms with Crippen LogP contribution in [0, 0.1) is 5.41 Å². The summed E-state index contributed by atoms with van der Waals surface area (Å²) in [5.74, 6) is -0.810. The lowest BCUT2D eigenvalue weighted by atomic mass is 9.76. The van der Waals surface area contributed by atoms with E-state index in [1.807, 2.05) is 25.1 Å². The van der Waals surface area contributed by atoms with Gasteiger partial charge >= 0.3 is 5.97 Å². The summed E-state index contributed by atoms with van der Waals surface area (Å²) in [6, 6.07) is 5.48. The molecule has 0 aromatic carbocycles. The Morgan fingerprint density at radius 3 is 2.86 bits per heavy atom. The number of carbonyl (C=O) groups is 2. The van der Waals surface area contributed by atoms with Crippen molar-refractivity contribution >= 4 is 11.9 Å². The third kappa shape index (κ3) is 3.60. The number of likely N-dealkylation sites (tertiary alicyclic amines) is 1. The van der Waals surface area contributed by atoms with Crippen molar-refractivity contribution in [3.05, 3.63) is 30.1 Å². The van der Waals surface area contributed by atoms with E-state index >= 15 is 0 Å². The van der Waals surface area contributed by atoms with Crippen LogP contribution in [0.5, 0.6) is 0 Å². The number of carboxylic acids is 1. The molecule has 1 unspecified atom stereocenters. The summed E-state index contributed by atoms with van der Waals surface area (Å²) in [7, 11) is 0. The highest BCUT2D eigenvalue weighted by Gasteiger charge is 2.42. The van der Waals surface area contributed by atoms with E-state index in [0.717, 1.165) is 18.5 Å². The molecular weight excluding hydrogens is 268 g/mol. The van der Waals surface area contributed by atoms with Crippen LogP contribution >= 0.6 is 0 Å². The number of aliphatic carboxylic acids is 1. The van der Waals surface area contributed by atoms with Gasteiger partial charge in [0.25, 0.3) is 0 Å². The average molecular weight is 290 g/mol. The molecule has 5 nitrogen and oxygen atoms in total. The Bertz CT molecular complexity index is 500. The molecule has 2 heterocycles. The van der Waals surface area contributed by atoms with Crippen LogP contribution in [0.4, 0.5) is 0 Å². The van der Waals surface area contributed by atoms with E-state index in [9.17, 15) is 14.7 Å². The lowest BCUT2D eigenvalue weighted by Gasteiger charge is -2.40. The fraction of sp³-hybridized carbons (Fsp3) is 0.562. The molecule has 1 aliphatic rings. The van der Waals surface area contributed by atoms with E-state index in [0.29, 0.717) is 25.9 Å². The number of pyridine rings is 1. The van der Waals surface area contributed by atoms with Gasteiger partial charge in [-0.2, -0.15) is 0 Å². The van der Waals surface area contributed by atoms with Gasteiger partial charge in [-0.25, -0.2) is 0 Å². The van der Waals surface area contributed by atoms with Crippen molar-refractivity contribution in [2.45, 2.75) is 39.0 Å². The molecule has 2 rings (SSSR count). The summed E-state index contributed by atoms with van der Waals surface area (Å²) in [6.07, 6.45) is 4.74. The molecule has 1 aromatic rings. The summed E-state index contributed by atoms with van der Waals surface area (Å²) in [6.45, 7) is 2.95. The number of nitrogens with zero attached hydrogens (tertiary/aromatic N) is 2. The van der Waals surface area contributed by atoms with Crippen molar-refractivity contribution < 1.29 is 14.7 Å². The van der Waals surface area contributed by atoms with Gasteiger partial charge in [0, 0.05) is 25.0 Å². The number of hydrogen-bond donors (Lipinski definition) is 1. The average Bonchev–Trinajstić information content (AvgIpc) is 2.48. The number of amides is 1. The zero-order valence-electron chi connectivity index (χ0n) is 12.4. The zero-order valence-corrected chi connectivity index (χ0v) is 12.4. The molecule has 0 radical (unpaired) electrons. The summed E-state index contributed by atoms with van der Waals surface area (Å²) in [5.41, 5.74) is -0.0447. The normalized spacial score (nSPS) is 22.0. The Labute approximate surface area is 125 Å². The standard InChI is InChI=1S/C16H22N2O3/c1-2-7-16(15(20)21)8-5-10-18(12-16)14(19)11-13-6-3-4-9-17-13/h3-4,6,9H,2,5,7-8,10-12H2,1H3,(H,20,21). The lowest BCUT2D eigenvalue weighted by molar-refractivity contribution is -0.155. The van der Waals surface area contributed by atoms with Crippen LogP contribution in [0.15, 0.2) is 24.4 Å². The minimum Gasteiger partial charge on any atom is -0.481 e. The van der Waals surface area contributed by atoms with E-state index in [2.05, 4.69) is 4.98 Å². The first kappa shape index (κ1) is 15.5. The molecule has 0 aliphatic carbocycles. The smallest absolute Gasteiger partial charge is 0.311 e. The molecule has 1 atom stereocenters. The number of carboxylic acid groups (broad SMARTS) is 1. The van der Waals surface area contributed by atoms with Crippen LogP contribution in [0.3, 0.4) is 0 Å². The van der Waals surface area contributed by atoms with E-state index in [4.69, 9.17) is 0 Å². The largest absolute Gasteiger partial charge is 0.481 e. The second-order valence-corrected chi connectivity index (χ2v) is 5.75. The second kappa shape index (κ2) is 6.70. The molecule has 1 saturated heterocycles. The molecular formula is C16H22N2O3. The Kier molecular flexibility index (Phi) is 4.94. The molecule has 114 valence electrons. The second-order valence-electron chi connectivity index (χ2n) is 5.75. The monoisotopic (exact) mass is 290 g/mol. The molecule has 1 N–H and O–H groups in total. The van der Waals surface area contributed by atoms with E-state index < -0.39 is 11.4 Å². The highest BCUT2D eigenvalue weighted by molar-refractivity contribution is 5.81. The van der Waals surface area contributed by atoms with Crippen molar-refractivity contribution in [3.63, 3.8) is 0 Å². The molecule has 1 amide bonds. The van der Waals surface area contributed by atoms with E-state index in [1.54, 1.807) is 11.1 Å². The van der Waals surface area contributed by atoms with Crippen molar-refractivity contribution in [3.8, 4) is 0 Å². The Morgan fingerprint density at radius 1 is 1.43 bits per heavy atom. The first-order valence-electron chi connectivity index (χ1n) is 7.48. The van der Waals surface area contributed by atoms with Gasteiger partial charge in [-0.3, -0.25) is 14.6 Å². The molecule has 5 heteroatoms. The fourth-order valence-corrected chi connectivity index (χ4v) is 3.08. The topological polar surface area (TPSA) is 70.5 Å². The summed E-state index contributed by atoms with van der Waals surface area (Å²) in [4.78, 5) is 29.9. The maximum absolute atomic E-state index is 12.4. The van der Waals surface area contributed by atoms with Crippen LogP contribution in [0.2, 0.25) is 0 Å². The van der Waals surface area contributed by atoms with Gasteiger partial charge in [0.2, 0.25) is 5.91 Å². The Balaban J connectivity index is 2.06. The minimum absolute atomic E-state index is 0.0323. The predicted molar refractivity (Wildman–Crippen MR) is 78.7 cm³/mol. The van der Waals surface area contributed by atoms with E-state index in [-0.39, 0.29) is 12.3 Å². The number of piperidine rings is 1. The van der Waals surface area contributed by atoms with Crippen LogP contribution in [0.25, 0.3) is 0 Å².